The van der Waals surface area contributed by atoms with Gasteiger partial charge in [0.15, 0.2) is 0 Å². The lowest BCUT2D eigenvalue weighted by Crippen LogP contribution is -2.35. The topological polar surface area (TPSA) is 106 Å². The fourth-order valence-corrected chi connectivity index (χ4v) is 2.77. The van der Waals surface area contributed by atoms with E-state index >= 15 is 0 Å². The van der Waals surface area contributed by atoms with Crippen LogP contribution < -0.4 is 11.5 Å². The van der Waals surface area contributed by atoms with E-state index in [1.54, 1.807) is 13.0 Å². The van der Waals surface area contributed by atoms with Crippen molar-refractivity contribution in [1.82, 2.24) is 4.31 Å². The van der Waals surface area contributed by atoms with Gasteiger partial charge in [0.1, 0.15) is 0 Å². The molecule has 1 aromatic rings. The summed E-state index contributed by atoms with van der Waals surface area (Å²) in [7, 11) is -2.38. The molecule has 6 nitrogen and oxygen atoms in total. The van der Waals surface area contributed by atoms with Gasteiger partial charge in [0.25, 0.3) is 0 Å². The number of hydrogen-bond acceptors (Lipinski definition) is 4. The first-order valence-electron chi connectivity index (χ1n) is 5.33. The molecule has 18 heavy (non-hydrogen) atoms. The number of likely N-dealkylation sites (N-methyl/N-ethyl adjacent to an activating group) is 1. The number of carbonyl (C=O) groups is 1. The predicted molar refractivity (Wildman–Crippen MR) is 68.1 cm³/mol. The molecule has 0 aliphatic rings. The van der Waals surface area contributed by atoms with E-state index in [2.05, 4.69) is 0 Å². The molecule has 0 spiro atoms. The largest absolute Gasteiger partial charge is 0.369 e. The second-order valence-corrected chi connectivity index (χ2v) is 6.06. The summed E-state index contributed by atoms with van der Waals surface area (Å²) < 4.78 is 25.1. The highest BCUT2D eigenvalue weighted by Crippen LogP contribution is 2.18. The Morgan fingerprint density at radius 3 is 2.44 bits per heavy atom. The second-order valence-electron chi connectivity index (χ2n) is 4.02. The van der Waals surface area contributed by atoms with Gasteiger partial charge in [0.2, 0.25) is 15.9 Å². The van der Waals surface area contributed by atoms with Gasteiger partial charge in [-0.2, -0.15) is 4.31 Å². The van der Waals surface area contributed by atoms with Crippen molar-refractivity contribution in [1.29, 1.82) is 0 Å². The van der Waals surface area contributed by atoms with Crippen molar-refractivity contribution in [3.8, 4) is 0 Å². The van der Waals surface area contributed by atoms with Crippen LogP contribution in [0.5, 0.6) is 0 Å². The maximum atomic E-state index is 12.1. The van der Waals surface area contributed by atoms with Gasteiger partial charge in [0.05, 0.1) is 11.4 Å². The molecule has 0 saturated heterocycles. The fraction of sp³-hybridized carbons (Fsp3) is 0.364. The molecule has 0 heterocycles. The molecule has 0 aliphatic carbocycles. The number of hydrogen-bond donors (Lipinski definition) is 2. The molecule has 7 heteroatoms. The van der Waals surface area contributed by atoms with Crippen molar-refractivity contribution in [2.75, 3.05) is 13.6 Å². The van der Waals surface area contributed by atoms with Crippen molar-refractivity contribution in [3.05, 3.63) is 29.3 Å². The first-order valence-corrected chi connectivity index (χ1v) is 6.77. The summed E-state index contributed by atoms with van der Waals surface area (Å²) in [6.07, 6.45) is 0. The number of carbonyl (C=O) groups excluding carboxylic acids is 1. The molecule has 0 fully saturated rings. The third-order valence-electron chi connectivity index (χ3n) is 2.62. The summed E-state index contributed by atoms with van der Waals surface area (Å²) in [6.45, 7) is 1.79. The molecule has 0 bridgehead atoms. The summed E-state index contributed by atoms with van der Waals surface area (Å²) >= 11 is 0. The van der Waals surface area contributed by atoms with Crippen LogP contribution in [0.25, 0.3) is 0 Å². The lowest BCUT2D eigenvalue weighted by atomic mass is 10.1. The zero-order valence-corrected chi connectivity index (χ0v) is 11.2. The summed E-state index contributed by atoms with van der Waals surface area (Å²) in [5.74, 6) is -0.698. The SMILES string of the molecule is Cc1cc(S(=O)(=O)N(C)CC(N)=O)ccc1CN. The minimum atomic E-state index is -3.69. The average Bonchev–Trinajstić information content (AvgIpc) is 2.27. The maximum absolute atomic E-state index is 12.1. The first kappa shape index (κ1) is 14.6. The smallest absolute Gasteiger partial charge is 0.243 e. The molecule has 0 unspecified atom stereocenters. The Kier molecular flexibility index (Phi) is 4.44. The van der Waals surface area contributed by atoms with Crippen LogP contribution >= 0.6 is 0 Å². The highest BCUT2D eigenvalue weighted by molar-refractivity contribution is 7.89. The number of amides is 1. The molecular formula is C11H17N3O3S. The number of aryl methyl sites for hydroxylation is 1. The van der Waals surface area contributed by atoms with Crippen LogP contribution in [0.2, 0.25) is 0 Å². The average molecular weight is 271 g/mol. The van der Waals surface area contributed by atoms with Gasteiger partial charge in [0, 0.05) is 13.6 Å². The predicted octanol–water partition coefficient (Wildman–Crippen LogP) is -0.440. The zero-order chi connectivity index (χ0) is 13.9. The van der Waals surface area contributed by atoms with Crippen molar-refractivity contribution in [2.24, 2.45) is 11.5 Å². The highest BCUT2D eigenvalue weighted by atomic mass is 32.2. The van der Waals surface area contributed by atoms with E-state index in [1.807, 2.05) is 0 Å². The molecule has 4 N–H and O–H groups in total. The Balaban J connectivity index is 3.13. The monoisotopic (exact) mass is 271 g/mol. The summed E-state index contributed by atoms with van der Waals surface area (Å²) in [5.41, 5.74) is 12.2. The van der Waals surface area contributed by atoms with Gasteiger partial charge < -0.3 is 11.5 Å². The third-order valence-corrected chi connectivity index (χ3v) is 4.42. The van der Waals surface area contributed by atoms with Crippen molar-refractivity contribution < 1.29 is 13.2 Å². The van der Waals surface area contributed by atoms with Crippen LogP contribution in [-0.4, -0.2) is 32.2 Å². The van der Waals surface area contributed by atoms with E-state index in [9.17, 15) is 13.2 Å². The molecule has 1 aromatic carbocycles. The van der Waals surface area contributed by atoms with E-state index in [1.165, 1.54) is 19.2 Å². The van der Waals surface area contributed by atoms with Gasteiger partial charge in [-0.3, -0.25) is 4.79 Å². The maximum Gasteiger partial charge on any atom is 0.243 e. The van der Waals surface area contributed by atoms with Gasteiger partial charge in [-0.25, -0.2) is 8.42 Å². The quantitative estimate of drug-likeness (QED) is 0.757. The Labute approximate surface area is 107 Å². The second kappa shape index (κ2) is 5.47. The van der Waals surface area contributed by atoms with Gasteiger partial charge in [-0.1, -0.05) is 6.07 Å². The van der Waals surface area contributed by atoms with Crippen LogP contribution in [-0.2, 0) is 21.4 Å². The van der Waals surface area contributed by atoms with Crippen LogP contribution in [0.3, 0.4) is 0 Å². The Morgan fingerprint density at radius 1 is 1.39 bits per heavy atom. The standard InChI is InChI=1S/C11H17N3O3S/c1-8-5-10(4-3-9(8)6-12)18(16,17)14(2)7-11(13)15/h3-5H,6-7,12H2,1-2H3,(H2,13,15). The molecular weight excluding hydrogens is 254 g/mol. The number of primary amides is 1. The zero-order valence-electron chi connectivity index (χ0n) is 10.4. The van der Waals surface area contributed by atoms with Gasteiger partial charge in [-0.15, -0.1) is 0 Å². The molecule has 0 radical (unpaired) electrons. The van der Waals surface area contributed by atoms with E-state index < -0.39 is 15.9 Å². The molecule has 0 atom stereocenters. The van der Waals surface area contributed by atoms with Crippen LogP contribution in [0.15, 0.2) is 23.1 Å². The number of rotatable bonds is 5. The lowest BCUT2D eigenvalue weighted by molar-refractivity contribution is -0.118. The van der Waals surface area contributed by atoms with E-state index in [4.69, 9.17) is 11.5 Å². The van der Waals surface area contributed by atoms with Crippen molar-refractivity contribution in [2.45, 2.75) is 18.4 Å². The van der Waals surface area contributed by atoms with E-state index in [0.717, 1.165) is 15.4 Å². The molecule has 100 valence electrons. The minimum Gasteiger partial charge on any atom is -0.369 e. The number of nitrogens with two attached hydrogens (primary N) is 2. The van der Waals surface area contributed by atoms with Crippen molar-refractivity contribution >= 4 is 15.9 Å². The van der Waals surface area contributed by atoms with E-state index in [-0.39, 0.29) is 11.4 Å². The number of nitrogens with zero attached hydrogens (tertiary/aromatic N) is 1. The van der Waals surface area contributed by atoms with E-state index in [0.29, 0.717) is 6.54 Å². The van der Waals surface area contributed by atoms with Gasteiger partial charge in [-0.05, 0) is 30.2 Å². The Hall–Kier alpha value is -1.44. The summed E-state index contributed by atoms with van der Waals surface area (Å²) in [5, 5.41) is 0. The number of benzene rings is 1. The fourth-order valence-electron chi connectivity index (χ4n) is 1.54. The molecule has 0 aromatic heterocycles. The highest BCUT2D eigenvalue weighted by Gasteiger charge is 2.22. The molecule has 0 saturated carbocycles. The normalized spacial score (nSPS) is 11.8. The first-order chi connectivity index (χ1) is 8.28. The lowest BCUT2D eigenvalue weighted by Gasteiger charge is -2.16. The summed E-state index contributed by atoms with van der Waals surface area (Å²) in [6, 6.07) is 4.68. The van der Waals surface area contributed by atoms with Crippen LogP contribution in [0.1, 0.15) is 11.1 Å². The van der Waals surface area contributed by atoms with Crippen LogP contribution in [0, 0.1) is 6.92 Å². The van der Waals surface area contributed by atoms with Gasteiger partial charge >= 0.3 is 0 Å². The molecule has 1 rings (SSSR count). The minimum absolute atomic E-state index is 0.126. The molecule has 1 amide bonds. The van der Waals surface area contributed by atoms with Crippen LogP contribution in [0.4, 0.5) is 0 Å². The Morgan fingerprint density at radius 2 is 2.00 bits per heavy atom. The number of sulfonamides is 1. The van der Waals surface area contributed by atoms with Crippen molar-refractivity contribution in [3.63, 3.8) is 0 Å². The Bertz CT molecular complexity index is 555. The third kappa shape index (κ3) is 3.06. The molecule has 0 aliphatic heterocycles. The summed E-state index contributed by atoms with van der Waals surface area (Å²) in [4.78, 5) is 10.9.